The van der Waals surface area contributed by atoms with Crippen LogP contribution in [0.2, 0.25) is 0 Å². The van der Waals surface area contributed by atoms with Crippen molar-refractivity contribution in [2.24, 2.45) is 5.92 Å². The average molecular weight is 485 g/mol. The highest BCUT2D eigenvalue weighted by molar-refractivity contribution is 5.89. The molecule has 3 rings (SSSR count). The molecule has 7 heteroatoms. The first kappa shape index (κ1) is 26.8. The lowest BCUT2D eigenvalue weighted by Gasteiger charge is -2.38. The molecule has 1 N–H and O–H groups in total. The normalized spacial score (nSPS) is 18.8. The Morgan fingerprint density at radius 1 is 1.11 bits per heavy atom. The van der Waals surface area contributed by atoms with Crippen LogP contribution in [-0.4, -0.2) is 55.2 Å². The number of esters is 1. The molecular formula is C28H40N2O5. The maximum atomic E-state index is 13.6. The van der Waals surface area contributed by atoms with Gasteiger partial charge < -0.3 is 19.7 Å². The van der Waals surface area contributed by atoms with E-state index in [1.807, 2.05) is 45.0 Å². The van der Waals surface area contributed by atoms with Gasteiger partial charge in [0.25, 0.3) is 0 Å². The van der Waals surface area contributed by atoms with Gasteiger partial charge in [-0.2, -0.15) is 0 Å². The van der Waals surface area contributed by atoms with Crippen LogP contribution in [0.3, 0.4) is 0 Å². The minimum atomic E-state index is -0.551. The quantitative estimate of drug-likeness (QED) is 0.461. The topological polar surface area (TPSA) is 84.9 Å². The van der Waals surface area contributed by atoms with E-state index in [1.54, 1.807) is 11.0 Å². The summed E-state index contributed by atoms with van der Waals surface area (Å²) in [5.41, 5.74) is 0.828. The van der Waals surface area contributed by atoms with Crippen LogP contribution >= 0.6 is 0 Å². The van der Waals surface area contributed by atoms with Crippen molar-refractivity contribution >= 4 is 24.0 Å². The third kappa shape index (κ3) is 7.33. The highest BCUT2D eigenvalue weighted by atomic mass is 16.6. The van der Waals surface area contributed by atoms with E-state index in [1.165, 1.54) is 13.2 Å². The van der Waals surface area contributed by atoms with E-state index in [2.05, 4.69) is 10.1 Å². The Balaban J connectivity index is 1.63. The highest BCUT2D eigenvalue weighted by Crippen LogP contribution is 2.40. The number of methoxy groups -OCH3 is 1. The molecule has 2 fully saturated rings. The largest absolute Gasteiger partial charge is 0.466 e. The van der Waals surface area contributed by atoms with Crippen LogP contribution < -0.4 is 5.32 Å². The van der Waals surface area contributed by atoms with Crippen LogP contribution in [0.1, 0.15) is 76.8 Å². The van der Waals surface area contributed by atoms with Crippen molar-refractivity contribution in [1.82, 2.24) is 10.2 Å². The molecule has 0 radical (unpaired) electrons. The molecular weight excluding hydrogens is 444 g/mol. The van der Waals surface area contributed by atoms with Gasteiger partial charge in [0, 0.05) is 25.7 Å². The van der Waals surface area contributed by atoms with E-state index in [4.69, 9.17) is 4.74 Å². The maximum Gasteiger partial charge on any atom is 0.410 e. The third-order valence-electron chi connectivity index (χ3n) is 7.01. The summed E-state index contributed by atoms with van der Waals surface area (Å²) in [7, 11) is 1.35. The number of amides is 2. The molecule has 35 heavy (non-hydrogen) atoms. The molecule has 1 aromatic carbocycles. The molecule has 0 spiro atoms. The molecule has 0 unspecified atom stereocenters. The third-order valence-corrected chi connectivity index (χ3v) is 7.01. The van der Waals surface area contributed by atoms with E-state index < -0.39 is 17.0 Å². The van der Waals surface area contributed by atoms with Crippen LogP contribution in [0, 0.1) is 5.92 Å². The maximum absolute atomic E-state index is 13.6. The molecule has 2 aliphatic rings. The van der Waals surface area contributed by atoms with Crippen LogP contribution in [0.15, 0.2) is 30.3 Å². The summed E-state index contributed by atoms with van der Waals surface area (Å²) in [6.07, 6.45) is 9.37. The number of carbonyl (C=O) groups excluding carboxylic acids is 3. The first-order valence-corrected chi connectivity index (χ1v) is 12.8. The number of nitrogens with one attached hydrogen (secondary N) is 1. The van der Waals surface area contributed by atoms with Crippen LogP contribution in [0.5, 0.6) is 0 Å². The summed E-state index contributed by atoms with van der Waals surface area (Å²) in [4.78, 5) is 39.2. The van der Waals surface area contributed by atoms with E-state index in [0.29, 0.717) is 25.6 Å². The summed E-state index contributed by atoms with van der Waals surface area (Å²) in [6, 6.07) is 7.92. The molecule has 1 aliphatic heterocycles. The molecule has 1 aliphatic carbocycles. The average Bonchev–Trinajstić information content (AvgIpc) is 2.85. The van der Waals surface area contributed by atoms with Gasteiger partial charge in [-0.15, -0.1) is 0 Å². The Hall–Kier alpha value is -2.83. The zero-order chi connectivity index (χ0) is 25.5. The van der Waals surface area contributed by atoms with Crippen LogP contribution in [0.4, 0.5) is 4.79 Å². The zero-order valence-electron chi connectivity index (χ0n) is 21.6. The second-order valence-electron chi connectivity index (χ2n) is 10.7. The lowest BCUT2D eigenvalue weighted by molar-refractivity contribution is -0.134. The molecule has 1 heterocycles. The lowest BCUT2D eigenvalue weighted by Crippen LogP contribution is -2.48. The molecule has 7 nitrogen and oxygen atoms in total. The Morgan fingerprint density at radius 2 is 1.80 bits per heavy atom. The second kappa shape index (κ2) is 11.7. The fourth-order valence-electron chi connectivity index (χ4n) is 5.03. The number of nitrogens with zero attached hydrogens (tertiary/aromatic N) is 1. The number of ether oxygens (including phenoxy) is 2. The van der Waals surface area contributed by atoms with E-state index in [9.17, 15) is 14.4 Å². The SMILES string of the molecule is COC(=O)/C=C/c1cccc(C2(C(=O)NCC3CCN(C(=O)OC(C)(C)C)CC3)CCCCC2)c1. The number of hydrogen-bond acceptors (Lipinski definition) is 5. The fourth-order valence-corrected chi connectivity index (χ4v) is 5.03. The number of likely N-dealkylation sites (tertiary alicyclic amines) is 1. The number of hydrogen-bond donors (Lipinski definition) is 1. The zero-order valence-corrected chi connectivity index (χ0v) is 21.6. The number of benzene rings is 1. The molecule has 2 amide bonds. The molecule has 1 saturated heterocycles. The van der Waals surface area contributed by atoms with Crippen molar-refractivity contribution in [3.05, 3.63) is 41.5 Å². The van der Waals surface area contributed by atoms with E-state index >= 15 is 0 Å². The lowest BCUT2D eigenvalue weighted by atomic mass is 9.68. The second-order valence-corrected chi connectivity index (χ2v) is 10.7. The Labute approximate surface area is 209 Å². The van der Waals surface area contributed by atoms with E-state index in [0.717, 1.165) is 56.1 Å². The standard InChI is InChI=1S/C28H40N2O5/c1-27(2,3)35-26(33)30-17-13-22(14-18-30)20-29-25(32)28(15-6-5-7-16-28)23-10-8-9-21(19-23)11-12-24(31)34-4/h8-12,19,22H,5-7,13-18,20H2,1-4H3,(H,29,32)/b12-11+. The Kier molecular flexibility index (Phi) is 8.98. The van der Waals surface area contributed by atoms with Gasteiger partial charge in [0.05, 0.1) is 12.5 Å². The first-order chi connectivity index (χ1) is 16.6. The van der Waals surface area contributed by atoms with Crippen LogP contribution in [0.25, 0.3) is 6.08 Å². The smallest absolute Gasteiger partial charge is 0.410 e. The van der Waals surface area contributed by atoms with Crippen molar-refractivity contribution in [2.75, 3.05) is 26.7 Å². The van der Waals surface area contributed by atoms with Gasteiger partial charge in [0.2, 0.25) is 5.91 Å². The predicted molar refractivity (Wildman–Crippen MR) is 136 cm³/mol. The number of carbonyl (C=O) groups is 3. The number of rotatable bonds is 6. The summed E-state index contributed by atoms with van der Waals surface area (Å²) in [5.74, 6) is 0.0201. The minimum Gasteiger partial charge on any atom is -0.466 e. The van der Waals surface area contributed by atoms with Gasteiger partial charge in [-0.05, 0) is 69.6 Å². The van der Waals surface area contributed by atoms with Gasteiger partial charge in [0.15, 0.2) is 0 Å². The Morgan fingerprint density at radius 3 is 2.43 bits per heavy atom. The summed E-state index contributed by atoms with van der Waals surface area (Å²) in [6.45, 7) is 7.53. The van der Waals surface area contributed by atoms with Crippen molar-refractivity contribution in [2.45, 2.75) is 76.7 Å². The van der Waals surface area contributed by atoms with Gasteiger partial charge in [0.1, 0.15) is 5.60 Å². The Bertz CT molecular complexity index is 920. The van der Waals surface area contributed by atoms with Gasteiger partial charge >= 0.3 is 12.1 Å². The van der Waals surface area contributed by atoms with Crippen LogP contribution in [-0.2, 0) is 24.5 Å². The van der Waals surface area contributed by atoms with E-state index in [-0.39, 0.29) is 12.0 Å². The minimum absolute atomic E-state index is 0.0841. The molecule has 0 atom stereocenters. The molecule has 0 aromatic heterocycles. The van der Waals surface area contributed by atoms with Gasteiger partial charge in [-0.1, -0.05) is 43.5 Å². The predicted octanol–water partition coefficient (Wildman–Crippen LogP) is 4.84. The summed E-state index contributed by atoms with van der Waals surface area (Å²) >= 11 is 0. The van der Waals surface area contributed by atoms with Crippen molar-refractivity contribution < 1.29 is 23.9 Å². The van der Waals surface area contributed by atoms with Crippen molar-refractivity contribution in [3.63, 3.8) is 0 Å². The molecule has 0 bridgehead atoms. The van der Waals surface area contributed by atoms with Gasteiger partial charge in [-0.25, -0.2) is 9.59 Å². The summed E-state index contributed by atoms with van der Waals surface area (Å²) in [5, 5.41) is 3.26. The molecule has 1 aromatic rings. The van der Waals surface area contributed by atoms with Crippen molar-refractivity contribution in [3.8, 4) is 0 Å². The monoisotopic (exact) mass is 484 g/mol. The highest BCUT2D eigenvalue weighted by Gasteiger charge is 2.41. The molecule has 1 saturated carbocycles. The van der Waals surface area contributed by atoms with Gasteiger partial charge in [-0.3, -0.25) is 4.79 Å². The summed E-state index contributed by atoms with van der Waals surface area (Å²) < 4.78 is 10.2. The molecule has 192 valence electrons. The number of piperidine rings is 1. The fraction of sp³-hybridized carbons (Fsp3) is 0.607. The van der Waals surface area contributed by atoms with Crippen molar-refractivity contribution in [1.29, 1.82) is 0 Å². The first-order valence-electron chi connectivity index (χ1n) is 12.8.